The van der Waals surface area contributed by atoms with Crippen molar-refractivity contribution >= 4 is 11.7 Å². The van der Waals surface area contributed by atoms with E-state index in [4.69, 9.17) is 9.47 Å². The number of hydrogen-bond acceptors (Lipinski definition) is 7. The quantitative estimate of drug-likeness (QED) is 0.390. The summed E-state index contributed by atoms with van der Waals surface area (Å²) in [7, 11) is 1.57. The molecule has 1 aliphatic rings. The first-order valence-corrected chi connectivity index (χ1v) is 11.3. The molecule has 10 heteroatoms. The zero-order chi connectivity index (χ0) is 25.2. The van der Waals surface area contributed by atoms with Crippen LogP contribution in [0.4, 0.5) is 10.2 Å². The molecule has 2 aromatic carbocycles. The fraction of sp³-hybridized carbons (Fsp3) is 0.192. The lowest BCUT2D eigenvalue weighted by Crippen LogP contribution is -2.25. The molecule has 9 nitrogen and oxygen atoms in total. The molecule has 0 bridgehead atoms. The highest BCUT2D eigenvalue weighted by Crippen LogP contribution is 2.42. The number of aryl methyl sites for hydroxylation is 1. The maximum absolute atomic E-state index is 13.4. The Morgan fingerprint density at radius 3 is 2.78 bits per heavy atom. The van der Waals surface area contributed by atoms with Crippen LogP contribution in [0, 0.1) is 12.7 Å². The molecule has 0 unspecified atom stereocenters. The van der Waals surface area contributed by atoms with Gasteiger partial charge >= 0.3 is 0 Å². The molecule has 182 valence electrons. The van der Waals surface area contributed by atoms with Crippen LogP contribution in [0.15, 0.2) is 61.3 Å². The summed E-state index contributed by atoms with van der Waals surface area (Å²) in [6.45, 7) is 5.88. The zero-order valence-corrected chi connectivity index (χ0v) is 19.7. The van der Waals surface area contributed by atoms with E-state index < -0.39 is 0 Å². The van der Waals surface area contributed by atoms with Crippen LogP contribution in [0.3, 0.4) is 0 Å². The van der Waals surface area contributed by atoms with Crippen LogP contribution in [0.2, 0.25) is 0 Å². The van der Waals surface area contributed by atoms with E-state index in [1.807, 2.05) is 25.1 Å². The van der Waals surface area contributed by atoms with Crippen molar-refractivity contribution in [2.45, 2.75) is 19.3 Å². The summed E-state index contributed by atoms with van der Waals surface area (Å²) in [4.78, 5) is 17.4. The number of methoxy groups -OCH3 is 1. The van der Waals surface area contributed by atoms with Crippen molar-refractivity contribution in [2.75, 3.05) is 19.0 Å². The lowest BCUT2D eigenvalue weighted by Gasteiger charge is -2.25. The third kappa shape index (κ3) is 4.28. The standard InChI is InChI=1S/C26H23FN6O3/c1-4-11-36-22-12-17(7-10-21(22)35-3)19-13-23(34)30-25-24(19)15(2)32-33(25)26-29-20(14-28-31-26)16-5-8-18(27)9-6-16/h4-10,12,14,19H,1,11,13H2,2-3H3,(H,30,34)/t19-/m0/s1. The molecule has 3 heterocycles. The molecule has 1 atom stereocenters. The van der Waals surface area contributed by atoms with Gasteiger partial charge in [0, 0.05) is 23.5 Å². The Bertz CT molecular complexity index is 1450. The van der Waals surface area contributed by atoms with E-state index >= 15 is 0 Å². The molecule has 0 spiro atoms. The van der Waals surface area contributed by atoms with Gasteiger partial charge in [-0.25, -0.2) is 9.37 Å². The predicted molar refractivity (Wildman–Crippen MR) is 131 cm³/mol. The number of halogens is 1. The van der Waals surface area contributed by atoms with Gasteiger partial charge in [-0.2, -0.15) is 14.9 Å². The largest absolute Gasteiger partial charge is 0.493 e. The summed E-state index contributed by atoms with van der Waals surface area (Å²) in [5.41, 5.74) is 3.63. The van der Waals surface area contributed by atoms with Gasteiger partial charge in [-0.05, 0) is 48.9 Å². The molecule has 1 aliphatic heterocycles. The molecule has 1 amide bonds. The number of nitrogens with zero attached hydrogens (tertiary/aromatic N) is 5. The van der Waals surface area contributed by atoms with Crippen LogP contribution in [0.25, 0.3) is 17.2 Å². The van der Waals surface area contributed by atoms with Crippen LogP contribution in [-0.4, -0.2) is 44.6 Å². The third-order valence-electron chi connectivity index (χ3n) is 5.93. The molecule has 0 aliphatic carbocycles. The van der Waals surface area contributed by atoms with Gasteiger partial charge in [0.25, 0.3) is 5.95 Å². The summed E-state index contributed by atoms with van der Waals surface area (Å²) < 4.78 is 26.0. The van der Waals surface area contributed by atoms with E-state index in [9.17, 15) is 9.18 Å². The molecule has 0 saturated heterocycles. The Labute approximate surface area is 206 Å². The minimum atomic E-state index is -0.344. The number of aromatic nitrogens is 5. The Morgan fingerprint density at radius 2 is 2.03 bits per heavy atom. The van der Waals surface area contributed by atoms with Crippen LogP contribution in [0.1, 0.15) is 29.2 Å². The number of nitrogens with one attached hydrogen (secondary N) is 1. The van der Waals surface area contributed by atoms with E-state index in [-0.39, 0.29) is 30.0 Å². The van der Waals surface area contributed by atoms with Crippen LogP contribution in [-0.2, 0) is 4.79 Å². The second kappa shape index (κ2) is 9.57. The summed E-state index contributed by atoms with van der Waals surface area (Å²) in [5, 5.41) is 15.7. The highest BCUT2D eigenvalue weighted by Gasteiger charge is 2.34. The number of ether oxygens (including phenoxy) is 2. The molecule has 1 N–H and O–H groups in total. The number of carbonyl (C=O) groups is 1. The number of amides is 1. The van der Waals surface area contributed by atoms with Crippen LogP contribution < -0.4 is 14.8 Å². The van der Waals surface area contributed by atoms with Gasteiger partial charge in [-0.1, -0.05) is 18.7 Å². The van der Waals surface area contributed by atoms with Gasteiger partial charge in [-0.15, -0.1) is 5.10 Å². The lowest BCUT2D eigenvalue weighted by atomic mass is 9.85. The van der Waals surface area contributed by atoms with Gasteiger partial charge in [0.1, 0.15) is 18.2 Å². The summed E-state index contributed by atoms with van der Waals surface area (Å²) in [5.74, 6) is 1.04. The van der Waals surface area contributed by atoms with Crippen molar-refractivity contribution < 1.29 is 18.7 Å². The Morgan fingerprint density at radius 1 is 1.22 bits per heavy atom. The topological polar surface area (TPSA) is 104 Å². The Balaban J connectivity index is 1.57. The number of benzene rings is 2. The van der Waals surface area contributed by atoms with E-state index in [1.54, 1.807) is 25.3 Å². The fourth-order valence-electron chi connectivity index (χ4n) is 4.29. The minimum Gasteiger partial charge on any atom is -0.493 e. The van der Waals surface area contributed by atoms with Gasteiger partial charge in [0.15, 0.2) is 11.5 Å². The summed E-state index contributed by atoms with van der Waals surface area (Å²) in [6.07, 6.45) is 3.38. The van der Waals surface area contributed by atoms with Crippen LogP contribution >= 0.6 is 0 Å². The SMILES string of the molecule is C=CCOc1cc([C@@H]2CC(=O)Nc3c2c(C)nn3-c2nncc(-c3ccc(F)cc3)n2)ccc1OC. The predicted octanol–water partition coefficient (Wildman–Crippen LogP) is 4.22. The number of fused-ring (bicyclic) bond motifs is 1. The number of rotatable bonds is 7. The maximum Gasteiger partial charge on any atom is 0.272 e. The van der Waals surface area contributed by atoms with Crippen molar-refractivity contribution in [1.29, 1.82) is 0 Å². The average molecular weight is 487 g/mol. The Kier molecular flexibility index (Phi) is 6.16. The highest BCUT2D eigenvalue weighted by atomic mass is 19.1. The number of hydrogen-bond donors (Lipinski definition) is 1. The second-order valence-electron chi connectivity index (χ2n) is 8.22. The van der Waals surface area contributed by atoms with Crippen molar-refractivity contribution in [1.82, 2.24) is 25.0 Å². The molecule has 0 fully saturated rings. The zero-order valence-electron chi connectivity index (χ0n) is 19.7. The second-order valence-corrected chi connectivity index (χ2v) is 8.22. The molecular weight excluding hydrogens is 463 g/mol. The fourth-order valence-corrected chi connectivity index (χ4v) is 4.29. The molecule has 0 saturated carbocycles. The molecule has 2 aromatic heterocycles. The van der Waals surface area contributed by atoms with Gasteiger partial charge < -0.3 is 14.8 Å². The van der Waals surface area contributed by atoms with Gasteiger partial charge in [0.05, 0.1) is 24.7 Å². The minimum absolute atomic E-state index is 0.166. The van der Waals surface area contributed by atoms with Crippen LogP contribution in [0.5, 0.6) is 11.5 Å². The third-order valence-corrected chi connectivity index (χ3v) is 5.93. The molecule has 4 aromatic rings. The van der Waals surface area contributed by atoms with Gasteiger partial charge in [-0.3, -0.25) is 4.79 Å². The monoisotopic (exact) mass is 486 g/mol. The highest BCUT2D eigenvalue weighted by molar-refractivity contribution is 5.95. The first-order valence-electron chi connectivity index (χ1n) is 11.3. The molecular formula is C26H23FN6O3. The van der Waals surface area contributed by atoms with E-state index in [0.29, 0.717) is 35.2 Å². The molecule has 5 rings (SSSR count). The smallest absolute Gasteiger partial charge is 0.272 e. The first kappa shape index (κ1) is 23.2. The van der Waals surface area contributed by atoms with Gasteiger partial charge in [0.2, 0.25) is 5.91 Å². The van der Waals surface area contributed by atoms with E-state index in [0.717, 1.165) is 16.8 Å². The number of carbonyl (C=O) groups excluding carboxylic acids is 1. The molecule has 36 heavy (non-hydrogen) atoms. The van der Waals surface area contributed by atoms with Crippen molar-refractivity contribution in [3.05, 3.63) is 84.0 Å². The van der Waals surface area contributed by atoms with E-state index in [2.05, 4.69) is 32.2 Å². The number of anilines is 1. The first-order chi connectivity index (χ1) is 17.5. The maximum atomic E-state index is 13.4. The normalized spacial score (nSPS) is 14.6. The molecule has 0 radical (unpaired) electrons. The summed E-state index contributed by atoms with van der Waals surface area (Å²) >= 11 is 0. The lowest BCUT2D eigenvalue weighted by molar-refractivity contribution is -0.116. The van der Waals surface area contributed by atoms with Crippen molar-refractivity contribution in [3.8, 4) is 28.7 Å². The van der Waals surface area contributed by atoms with Crippen molar-refractivity contribution in [2.24, 2.45) is 0 Å². The average Bonchev–Trinajstić information content (AvgIpc) is 3.23. The van der Waals surface area contributed by atoms with E-state index in [1.165, 1.54) is 23.0 Å². The summed E-state index contributed by atoms with van der Waals surface area (Å²) in [6, 6.07) is 11.5. The van der Waals surface area contributed by atoms with Crippen molar-refractivity contribution in [3.63, 3.8) is 0 Å². The Hall–Kier alpha value is -4.60.